The van der Waals surface area contributed by atoms with Crippen LogP contribution in [-0.4, -0.2) is 91.1 Å². The third-order valence-electron chi connectivity index (χ3n) is 19.4. The largest absolute Gasteiger partial charge is 0.454 e. The van der Waals surface area contributed by atoms with E-state index in [1.54, 1.807) is 6.08 Å². The summed E-state index contributed by atoms with van der Waals surface area (Å²) < 4.78 is 6.15. The fourth-order valence-corrected chi connectivity index (χ4v) is 17.0. The fraction of sp³-hybridized carbons (Fsp3) is 0.750. The highest BCUT2D eigenvalue weighted by Gasteiger charge is 2.85. The summed E-state index contributed by atoms with van der Waals surface area (Å²) in [5.74, 6) is -2.52. The Bertz CT molecular complexity index is 1880. The monoisotopic (exact) mass is 799 g/mol. The topological polar surface area (TPSA) is 177 Å². The Hall–Kier alpha value is -2.44. The summed E-state index contributed by atoms with van der Waals surface area (Å²) in [5, 5.41) is 79.9. The normalized spacial score (nSPS) is 50.9. The van der Waals surface area contributed by atoms with Crippen LogP contribution in [0.5, 0.6) is 0 Å². The Balaban J connectivity index is 1.07. The molecule has 0 amide bonds. The van der Waals surface area contributed by atoms with Crippen molar-refractivity contribution in [2.24, 2.45) is 70.0 Å². The van der Waals surface area contributed by atoms with Gasteiger partial charge in [-0.25, -0.2) is 4.79 Å². The number of allylic oxidation sites excluding steroid dienone is 2. The Morgan fingerprint density at radius 2 is 1.69 bits per heavy atom. The lowest BCUT2D eigenvalue weighted by atomic mass is 9.35. The third-order valence-corrected chi connectivity index (χ3v) is 19.4. The molecule has 7 saturated carbocycles. The average molecular weight is 800 g/mol. The molecule has 10 heteroatoms. The molecular weight excluding hydrogens is 735 g/mol. The number of aliphatic hydroxyl groups excluding tert-OH is 3. The van der Waals surface area contributed by atoms with Crippen LogP contribution >= 0.6 is 0 Å². The van der Waals surface area contributed by atoms with E-state index in [0.29, 0.717) is 56.8 Å². The van der Waals surface area contributed by atoms with Crippen molar-refractivity contribution in [2.75, 3.05) is 7.05 Å². The van der Waals surface area contributed by atoms with Gasteiger partial charge in [0.15, 0.2) is 0 Å². The average Bonchev–Trinajstić information content (AvgIpc) is 3.92. The first kappa shape index (κ1) is 39.7. The minimum Gasteiger partial charge on any atom is -0.454 e. The van der Waals surface area contributed by atoms with Gasteiger partial charge >= 0.3 is 5.97 Å². The number of aliphatic hydroxyl groups is 6. The molecule has 1 aromatic rings. The summed E-state index contributed by atoms with van der Waals surface area (Å²) in [4.78, 5) is 27.4. The molecule has 1 heterocycles. The van der Waals surface area contributed by atoms with E-state index < -0.39 is 69.7 Å². The first-order chi connectivity index (χ1) is 27.8. The van der Waals surface area contributed by atoms with Gasteiger partial charge in [-0.15, -0.1) is 0 Å². The molecule has 8 aliphatic carbocycles. The van der Waals surface area contributed by atoms with Gasteiger partial charge in [-0.3, -0.25) is 0 Å². The van der Waals surface area contributed by atoms with Gasteiger partial charge in [0.1, 0.15) is 23.6 Å². The SMILES string of the molecule is CNC(Cc1ccccc1CO)C1CC2CC3(O)C(C)(CCC4C5(C=O)CCC(O)C6CC7C=CCC(C8CCCC8)C7CC(C(O)C43O)C65O)C2C2=CC(=O)OC21. The lowest BCUT2D eigenvalue weighted by molar-refractivity contribution is -0.373. The second-order valence-corrected chi connectivity index (χ2v) is 21.0. The number of esters is 1. The van der Waals surface area contributed by atoms with E-state index in [0.717, 1.165) is 42.2 Å². The van der Waals surface area contributed by atoms with E-state index in [4.69, 9.17) is 4.74 Å². The van der Waals surface area contributed by atoms with Crippen molar-refractivity contribution >= 4 is 12.3 Å². The number of hydrogen-bond donors (Lipinski definition) is 7. The molecule has 0 radical (unpaired) electrons. The van der Waals surface area contributed by atoms with E-state index in [2.05, 4.69) is 17.5 Å². The molecule has 0 spiro atoms. The molecule has 0 bridgehead atoms. The second-order valence-electron chi connectivity index (χ2n) is 21.0. The van der Waals surface area contributed by atoms with Crippen LogP contribution in [-0.2, 0) is 27.4 Å². The minimum atomic E-state index is -2.15. The highest BCUT2D eigenvalue weighted by atomic mass is 16.5. The van der Waals surface area contributed by atoms with E-state index in [1.165, 1.54) is 12.8 Å². The number of nitrogens with one attached hydrogen (secondary N) is 1. The third kappa shape index (κ3) is 4.97. The Kier molecular flexibility index (Phi) is 9.43. The summed E-state index contributed by atoms with van der Waals surface area (Å²) in [6, 6.07) is 7.67. The van der Waals surface area contributed by atoms with Crippen LogP contribution in [0.1, 0.15) is 102 Å². The van der Waals surface area contributed by atoms with Crippen LogP contribution in [0.2, 0.25) is 0 Å². The number of rotatable bonds is 7. The molecule has 7 N–H and O–H groups in total. The molecule has 316 valence electrons. The van der Waals surface area contributed by atoms with Gasteiger partial charge in [-0.2, -0.15) is 0 Å². The van der Waals surface area contributed by atoms with E-state index in [1.807, 2.05) is 38.2 Å². The molecule has 18 atom stereocenters. The molecule has 1 aliphatic heterocycles. The maximum Gasteiger partial charge on any atom is 0.331 e. The van der Waals surface area contributed by atoms with Gasteiger partial charge in [0.2, 0.25) is 0 Å². The molecule has 10 rings (SSSR count). The van der Waals surface area contributed by atoms with Crippen LogP contribution in [0.25, 0.3) is 0 Å². The number of fused-ring (bicyclic) bond motifs is 9. The number of carbonyl (C=O) groups is 2. The van der Waals surface area contributed by atoms with Gasteiger partial charge < -0.3 is 45.5 Å². The summed E-state index contributed by atoms with van der Waals surface area (Å²) in [7, 11) is 1.90. The molecule has 0 saturated heterocycles. The molecule has 1 aromatic carbocycles. The van der Waals surface area contributed by atoms with Crippen molar-refractivity contribution in [2.45, 2.75) is 145 Å². The molecule has 10 nitrogen and oxygen atoms in total. The van der Waals surface area contributed by atoms with Crippen molar-refractivity contribution in [3.05, 3.63) is 59.2 Å². The van der Waals surface area contributed by atoms with Crippen molar-refractivity contribution in [3.63, 3.8) is 0 Å². The minimum absolute atomic E-state index is 0.0767. The van der Waals surface area contributed by atoms with Crippen LogP contribution < -0.4 is 5.32 Å². The number of carbonyl (C=O) groups excluding carboxylic acids is 2. The highest BCUT2D eigenvalue weighted by molar-refractivity contribution is 5.86. The maximum atomic E-state index is 14.1. The smallest absolute Gasteiger partial charge is 0.331 e. The van der Waals surface area contributed by atoms with Crippen LogP contribution in [0, 0.1) is 70.0 Å². The first-order valence-corrected chi connectivity index (χ1v) is 22.7. The van der Waals surface area contributed by atoms with Crippen LogP contribution in [0.4, 0.5) is 0 Å². The zero-order chi connectivity index (χ0) is 40.6. The van der Waals surface area contributed by atoms with Crippen molar-refractivity contribution in [1.82, 2.24) is 5.32 Å². The molecule has 0 aromatic heterocycles. The predicted molar refractivity (Wildman–Crippen MR) is 214 cm³/mol. The molecule has 9 aliphatic rings. The summed E-state index contributed by atoms with van der Waals surface area (Å²) in [5.41, 5.74) is -5.55. The number of aldehydes is 1. The number of hydrogen-bond acceptors (Lipinski definition) is 10. The Morgan fingerprint density at radius 1 is 0.931 bits per heavy atom. The van der Waals surface area contributed by atoms with Gasteiger partial charge in [-0.05, 0) is 123 Å². The van der Waals surface area contributed by atoms with Gasteiger partial charge in [0.25, 0.3) is 0 Å². The standard InChI is InChI=1S/C48H65NO9/c1-44-16-15-39-45(25-51)17-14-38(52)35-19-28-12-7-13-31(26-8-3-4-9-26)32(28)21-36(47(35,45)56)43(54)48(39,57)46(44,55)23-30-18-33(42-34(41(30)44)22-40(53)58-42)37(49-2)20-27-10-5-6-11-29(27)24-50/h5-7,10-12,22,25-26,28,30-33,35-39,41-43,49-50,52,54-57H,3-4,8-9,13-21,23-24H2,1-2H3. The van der Waals surface area contributed by atoms with Gasteiger partial charge in [0, 0.05) is 41.2 Å². The highest BCUT2D eigenvalue weighted by Crippen LogP contribution is 2.77. The summed E-state index contributed by atoms with van der Waals surface area (Å²) in [6.07, 6.45) is 13.2. The van der Waals surface area contributed by atoms with Gasteiger partial charge in [0.05, 0.1) is 29.8 Å². The summed E-state index contributed by atoms with van der Waals surface area (Å²) >= 11 is 0. The Morgan fingerprint density at radius 3 is 2.41 bits per heavy atom. The molecule has 58 heavy (non-hydrogen) atoms. The Labute approximate surface area is 342 Å². The number of ether oxygens (including phenoxy) is 1. The quantitative estimate of drug-likeness (QED) is 0.121. The predicted octanol–water partition coefficient (Wildman–Crippen LogP) is 4.17. The lowest BCUT2D eigenvalue weighted by Gasteiger charge is -2.72. The lowest BCUT2D eigenvalue weighted by Crippen LogP contribution is -2.85. The first-order valence-electron chi connectivity index (χ1n) is 22.7. The van der Waals surface area contributed by atoms with Crippen molar-refractivity contribution < 1.29 is 45.0 Å². The van der Waals surface area contributed by atoms with Gasteiger partial charge in [-0.1, -0.05) is 69.0 Å². The van der Waals surface area contributed by atoms with Crippen LogP contribution in [0.3, 0.4) is 0 Å². The zero-order valence-corrected chi connectivity index (χ0v) is 34.2. The molecular formula is C48H65NO9. The second kappa shape index (κ2) is 13.8. The van der Waals surface area contributed by atoms with Crippen molar-refractivity contribution in [3.8, 4) is 0 Å². The van der Waals surface area contributed by atoms with E-state index >= 15 is 0 Å². The van der Waals surface area contributed by atoms with Crippen molar-refractivity contribution in [1.29, 1.82) is 0 Å². The van der Waals surface area contributed by atoms with E-state index in [9.17, 15) is 40.2 Å². The molecule has 18 unspecified atom stereocenters. The fourth-order valence-electron chi connectivity index (χ4n) is 17.0. The maximum absolute atomic E-state index is 14.1. The molecule has 7 fully saturated rings. The van der Waals surface area contributed by atoms with E-state index in [-0.39, 0.29) is 55.1 Å². The summed E-state index contributed by atoms with van der Waals surface area (Å²) in [6.45, 7) is 1.93. The number of likely N-dealkylation sites (N-methyl/N-ethyl adjacent to an activating group) is 1. The zero-order valence-electron chi connectivity index (χ0n) is 34.2. The number of benzene rings is 1. The van der Waals surface area contributed by atoms with Crippen LogP contribution in [0.15, 0.2) is 48.1 Å².